The largest absolute Gasteiger partial charge is 0.368 e. The lowest BCUT2D eigenvalue weighted by atomic mass is 10.2. The van der Waals surface area contributed by atoms with E-state index in [-0.39, 0.29) is 12.0 Å². The summed E-state index contributed by atoms with van der Waals surface area (Å²) in [4.78, 5) is 18.9. The molecule has 0 spiro atoms. The van der Waals surface area contributed by atoms with Gasteiger partial charge in [0, 0.05) is 32.7 Å². The van der Waals surface area contributed by atoms with Crippen molar-refractivity contribution in [2.75, 3.05) is 33.8 Å². The van der Waals surface area contributed by atoms with Gasteiger partial charge in [-0.15, -0.1) is 0 Å². The van der Waals surface area contributed by atoms with Gasteiger partial charge < -0.3 is 19.5 Å². The molecule has 130 valence electrons. The Hall–Kier alpha value is -1.92. The summed E-state index contributed by atoms with van der Waals surface area (Å²) in [5.74, 6) is 1.02. The molecule has 2 heterocycles. The van der Waals surface area contributed by atoms with Crippen LogP contribution in [-0.2, 0) is 22.5 Å². The van der Waals surface area contributed by atoms with E-state index in [1.54, 1.807) is 0 Å². The van der Waals surface area contributed by atoms with E-state index in [4.69, 9.17) is 9.72 Å². The molecule has 0 aliphatic carbocycles. The first-order valence-corrected chi connectivity index (χ1v) is 8.63. The predicted octanol–water partition coefficient (Wildman–Crippen LogP) is 1.44. The second kappa shape index (κ2) is 7.77. The van der Waals surface area contributed by atoms with E-state index >= 15 is 0 Å². The van der Waals surface area contributed by atoms with Crippen molar-refractivity contribution in [2.45, 2.75) is 31.9 Å². The highest BCUT2D eigenvalue weighted by atomic mass is 16.5. The molecule has 1 fully saturated rings. The number of hydrogen-bond acceptors (Lipinski definition) is 4. The maximum Gasteiger partial charge on any atom is 0.249 e. The number of likely N-dealkylation sites (N-methyl/N-ethyl adjacent to an activating group) is 1. The van der Waals surface area contributed by atoms with E-state index in [9.17, 15) is 4.79 Å². The molecule has 1 unspecified atom stereocenters. The summed E-state index contributed by atoms with van der Waals surface area (Å²) in [6, 6.07) is 8.19. The van der Waals surface area contributed by atoms with Gasteiger partial charge in [-0.1, -0.05) is 12.1 Å². The normalized spacial score (nSPS) is 17.7. The quantitative estimate of drug-likeness (QED) is 0.834. The lowest BCUT2D eigenvalue weighted by Crippen LogP contribution is -2.35. The molecule has 1 aliphatic rings. The molecule has 0 saturated carbocycles. The molecule has 1 aromatic heterocycles. The number of nitrogens with one attached hydrogen (secondary N) is 1. The molecule has 0 radical (unpaired) electrons. The Kier molecular flexibility index (Phi) is 5.48. The fourth-order valence-corrected chi connectivity index (χ4v) is 3.06. The smallest absolute Gasteiger partial charge is 0.249 e. The number of rotatable bonds is 7. The van der Waals surface area contributed by atoms with Crippen molar-refractivity contribution in [1.82, 2.24) is 19.8 Å². The number of hydrogen-bond donors (Lipinski definition) is 1. The Morgan fingerprint density at radius 2 is 2.25 bits per heavy atom. The van der Waals surface area contributed by atoms with Crippen LogP contribution in [0, 0.1) is 0 Å². The molecule has 0 bridgehead atoms. The minimum atomic E-state index is -0.266. The summed E-state index contributed by atoms with van der Waals surface area (Å²) in [7, 11) is 4.14. The molecule has 6 nitrogen and oxygen atoms in total. The number of para-hydroxylation sites is 2. The standard InChI is InChI=1S/C18H26N4O2/c1-21(2)11-12-22-15-7-4-3-6-14(15)20-17(22)9-10-19-18(23)16-8-5-13-24-16/h3-4,6-7,16H,5,8-13H2,1-2H3,(H,19,23). The molecule has 1 amide bonds. The summed E-state index contributed by atoms with van der Waals surface area (Å²) in [5.41, 5.74) is 2.16. The van der Waals surface area contributed by atoms with Crippen LogP contribution in [0.15, 0.2) is 24.3 Å². The Morgan fingerprint density at radius 1 is 1.42 bits per heavy atom. The van der Waals surface area contributed by atoms with Gasteiger partial charge in [-0.3, -0.25) is 4.79 Å². The van der Waals surface area contributed by atoms with E-state index in [1.807, 2.05) is 18.2 Å². The molecule has 2 aromatic rings. The molecule has 6 heteroatoms. The molecule has 1 atom stereocenters. The van der Waals surface area contributed by atoms with Crippen LogP contribution in [0.4, 0.5) is 0 Å². The van der Waals surface area contributed by atoms with E-state index in [0.29, 0.717) is 13.2 Å². The topological polar surface area (TPSA) is 59.4 Å². The Bertz CT molecular complexity index is 689. The van der Waals surface area contributed by atoms with Crippen molar-refractivity contribution < 1.29 is 9.53 Å². The first-order chi connectivity index (χ1) is 11.6. The van der Waals surface area contributed by atoms with Gasteiger partial charge >= 0.3 is 0 Å². The number of aromatic nitrogens is 2. The average Bonchev–Trinajstić information content (AvgIpc) is 3.20. The number of imidazole rings is 1. The van der Waals surface area contributed by atoms with E-state index < -0.39 is 0 Å². The highest BCUT2D eigenvalue weighted by molar-refractivity contribution is 5.81. The van der Waals surface area contributed by atoms with Gasteiger partial charge in [0.25, 0.3) is 0 Å². The zero-order valence-corrected chi connectivity index (χ0v) is 14.5. The number of nitrogens with zero attached hydrogens (tertiary/aromatic N) is 3. The number of amides is 1. The SMILES string of the molecule is CN(C)CCn1c(CCNC(=O)C2CCCO2)nc2ccccc21. The van der Waals surface area contributed by atoms with Gasteiger partial charge in [0.15, 0.2) is 0 Å². The lowest BCUT2D eigenvalue weighted by Gasteiger charge is -2.14. The van der Waals surface area contributed by atoms with Crippen LogP contribution in [0.3, 0.4) is 0 Å². The third kappa shape index (κ3) is 3.94. The zero-order chi connectivity index (χ0) is 16.9. The van der Waals surface area contributed by atoms with Crippen LogP contribution in [0.25, 0.3) is 11.0 Å². The van der Waals surface area contributed by atoms with Crippen LogP contribution in [0.1, 0.15) is 18.7 Å². The minimum Gasteiger partial charge on any atom is -0.368 e. The van der Waals surface area contributed by atoms with Crippen LogP contribution in [0.5, 0.6) is 0 Å². The van der Waals surface area contributed by atoms with Crippen LogP contribution in [-0.4, -0.2) is 60.3 Å². The second-order valence-electron chi connectivity index (χ2n) is 6.51. The molecule has 24 heavy (non-hydrogen) atoms. The van der Waals surface area contributed by atoms with Gasteiger partial charge in [-0.2, -0.15) is 0 Å². The zero-order valence-electron chi connectivity index (χ0n) is 14.5. The van der Waals surface area contributed by atoms with Crippen molar-refractivity contribution in [1.29, 1.82) is 0 Å². The lowest BCUT2D eigenvalue weighted by molar-refractivity contribution is -0.130. The number of carbonyl (C=O) groups is 1. The Balaban J connectivity index is 1.66. The predicted molar refractivity (Wildman–Crippen MR) is 94.0 cm³/mol. The fraction of sp³-hybridized carbons (Fsp3) is 0.556. The van der Waals surface area contributed by atoms with E-state index in [1.165, 1.54) is 0 Å². The van der Waals surface area contributed by atoms with Crippen LogP contribution in [0.2, 0.25) is 0 Å². The monoisotopic (exact) mass is 330 g/mol. The molecule has 1 N–H and O–H groups in total. The molecular weight excluding hydrogens is 304 g/mol. The van der Waals surface area contributed by atoms with Crippen molar-refractivity contribution in [3.63, 3.8) is 0 Å². The third-order valence-electron chi connectivity index (χ3n) is 4.37. The number of fused-ring (bicyclic) bond motifs is 1. The molecule has 1 aliphatic heterocycles. The summed E-state index contributed by atoms with van der Waals surface area (Å²) >= 11 is 0. The fourth-order valence-electron chi connectivity index (χ4n) is 3.06. The van der Waals surface area contributed by atoms with Gasteiger partial charge in [0.2, 0.25) is 5.91 Å². The summed E-state index contributed by atoms with van der Waals surface area (Å²) in [6.45, 7) is 3.13. The Labute approximate surface area is 142 Å². The minimum absolute atomic E-state index is 0.00320. The van der Waals surface area contributed by atoms with Crippen molar-refractivity contribution in [2.24, 2.45) is 0 Å². The van der Waals surface area contributed by atoms with E-state index in [0.717, 1.165) is 49.2 Å². The van der Waals surface area contributed by atoms with Gasteiger partial charge in [-0.05, 0) is 39.1 Å². The third-order valence-corrected chi connectivity index (χ3v) is 4.37. The molecule has 3 rings (SSSR count). The van der Waals surface area contributed by atoms with Crippen molar-refractivity contribution in [3.8, 4) is 0 Å². The molecule has 1 aromatic carbocycles. The highest BCUT2D eigenvalue weighted by Gasteiger charge is 2.23. The highest BCUT2D eigenvalue weighted by Crippen LogP contribution is 2.16. The number of ether oxygens (including phenoxy) is 1. The van der Waals surface area contributed by atoms with E-state index in [2.05, 4.69) is 34.9 Å². The number of carbonyl (C=O) groups excluding carboxylic acids is 1. The molecule has 1 saturated heterocycles. The summed E-state index contributed by atoms with van der Waals surface area (Å²) in [5, 5.41) is 2.98. The van der Waals surface area contributed by atoms with Crippen LogP contribution < -0.4 is 5.32 Å². The first kappa shape index (κ1) is 16.9. The maximum atomic E-state index is 12.0. The Morgan fingerprint density at radius 3 is 3.00 bits per heavy atom. The first-order valence-electron chi connectivity index (χ1n) is 8.63. The van der Waals surface area contributed by atoms with Gasteiger partial charge in [0.1, 0.15) is 11.9 Å². The average molecular weight is 330 g/mol. The summed E-state index contributed by atoms with van der Waals surface area (Å²) in [6.07, 6.45) is 2.25. The molecular formula is C18H26N4O2. The van der Waals surface area contributed by atoms with Gasteiger partial charge in [0.05, 0.1) is 11.0 Å². The van der Waals surface area contributed by atoms with Crippen molar-refractivity contribution in [3.05, 3.63) is 30.1 Å². The number of benzene rings is 1. The summed E-state index contributed by atoms with van der Waals surface area (Å²) < 4.78 is 7.67. The second-order valence-corrected chi connectivity index (χ2v) is 6.51. The van der Waals surface area contributed by atoms with Gasteiger partial charge in [-0.25, -0.2) is 4.98 Å². The van der Waals surface area contributed by atoms with Crippen molar-refractivity contribution >= 4 is 16.9 Å². The van der Waals surface area contributed by atoms with Crippen LogP contribution >= 0.6 is 0 Å². The maximum absolute atomic E-state index is 12.0.